The molecule has 3 rings (SSSR count). The maximum atomic E-state index is 6.44. The SMILES string of the molecule is CC1CC(C)N(C2Cc3ccccc3C2N)C1. The molecule has 0 saturated carbocycles. The predicted octanol–water partition coefficient (Wildman–Crippen LogP) is 2.34. The van der Waals surface area contributed by atoms with E-state index in [4.69, 9.17) is 5.73 Å². The average Bonchev–Trinajstić information content (AvgIpc) is 2.80. The second-order valence-corrected chi connectivity index (χ2v) is 5.88. The van der Waals surface area contributed by atoms with E-state index in [1.807, 2.05) is 0 Å². The molecule has 0 spiro atoms. The third-order valence-electron chi connectivity index (χ3n) is 4.52. The van der Waals surface area contributed by atoms with E-state index in [1.54, 1.807) is 0 Å². The zero-order valence-electron chi connectivity index (χ0n) is 10.8. The fourth-order valence-electron chi connectivity index (χ4n) is 3.72. The lowest BCUT2D eigenvalue weighted by atomic mass is 10.1. The molecule has 4 unspecified atom stereocenters. The molecule has 2 aliphatic rings. The molecule has 1 aromatic rings. The second kappa shape index (κ2) is 4.11. The zero-order chi connectivity index (χ0) is 12.0. The summed E-state index contributed by atoms with van der Waals surface area (Å²) in [5.41, 5.74) is 9.26. The van der Waals surface area contributed by atoms with Crippen LogP contribution in [0, 0.1) is 5.92 Å². The van der Waals surface area contributed by atoms with Gasteiger partial charge in [0.15, 0.2) is 0 Å². The summed E-state index contributed by atoms with van der Waals surface area (Å²) in [5.74, 6) is 0.820. The van der Waals surface area contributed by atoms with Crippen LogP contribution in [0.1, 0.15) is 37.4 Å². The van der Waals surface area contributed by atoms with Crippen LogP contribution in [0.15, 0.2) is 24.3 Å². The second-order valence-electron chi connectivity index (χ2n) is 5.88. The molecule has 1 aromatic carbocycles. The highest BCUT2D eigenvalue weighted by molar-refractivity contribution is 5.37. The smallest absolute Gasteiger partial charge is 0.0459 e. The van der Waals surface area contributed by atoms with Crippen molar-refractivity contribution in [2.75, 3.05) is 6.54 Å². The molecule has 1 aliphatic carbocycles. The maximum absolute atomic E-state index is 6.44. The van der Waals surface area contributed by atoms with Gasteiger partial charge in [0.25, 0.3) is 0 Å². The Morgan fingerprint density at radius 1 is 1.24 bits per heavy atom. The number of benzene rings is 1. The minimum absolute atomic E-state index is 0.207. The molecule has 0 radical (unpaired) electrons. The Morgan fingerprint density at radius 3 is 2.65 bits per heavy atom. The fraction of sp³-hybridized carbons (Fsp3) is 0.600. The first-order valence-corrected chi connectivity index (χ1v) is 6.76. The quantitative estimate of drug-likeness (QED) is 0.802. The van der Waals surface area contributed by atoms with Crippen molar-refractivity contribution in [2.24, 2.45) is 11.7 Å². The molecule has 1 saturated heterocycles. The normalized spacial score (nSPS) is 37.4. The topological polar surface area (TPSA) is 29.3 Å². The third kappa shape index (κ3) is 1.80. The lowest BCUT2D eigenvalue weighted by Gasteiger charge is -2.31. The Labute approximate surface area is 104 Å². The van der Waals surface area contributed by atoms with Crippen molar-refractivity contribution in [3.8, 4) is 0 Å². The Kier molecular flexibility index (Phi) is 2.72. The molecule has 17 heavy (non-hydrogen) atoms. The first-order valence-electron chi connectivity index (χ1n) is 6.76. The highest BCUT2D eigenvalue weighted by atomic mass is 15.2. The van der Waals surface area contributed by atoms with Crippen molar-refractivity contribution in [1.29, 1.82) is 0 Å². The van der Waals surface area contributed by atoms with Gasteiger partial charge in [-0.05, 0) is 36.8 Å². The van der Waals surface area contributed by atoms with Gasteiger partial charge in [-0.25, -0.2) is 0 Å². The lowest BCUT2D eigenvalue weighted by Crippen LogP contribution is -2.43. The van der Waals surface area contributed by atoms with E-state index in [0.29, 0.717) is 12.1 Å². The van der Waals surface area contributed by atoms with Crippen LogP contribution < -0.4 is 5.73 Å². The molecule has 2 nitrogen and oxygen atoms in total. The molecule has 4 atom stereocenters. The Balaban J connectivity index is 1.84. The Bertz CT molecular complexity index is 415. The summed E-state index contributed by atoms with van der Waals surface area (Å²) in [6, 6.07) is 10.1. The molecule has 0 amide bonds. The summed E-state index contributed by atoms with van der Waals surface area (Å²) in [6.07, 6.45) is 2.45. The molecule has 2 heteroatoms. The van der Waals surface area contributed by atoms with E-state index in [1.165, 1.54) is 24.1 Å². The van der Waals surface area contributed by atoms with E-state index in [2.05, 4.69) is 43.0 Å². The van der Waals surface area contributed by atoms with Gasteiger partial charge in [-0.3, -0.25) is 4.90 Å². The standard InChI is InChI=1S/C15H22N2/c1-10-7-11(2)17(9-10)14-8-12-5-3-4-6-13(12)15(14)16/h3-6,10-11,14-15H,7-9,16H2,1-2H3. The highest BCUT2D eigenvalue weighted by Crippen LogP contribution is 2.37. The van der Waals surface area contributed by atoms with Gasteiger partial charge in [0, 0.05) is 24.7 Å². The summed E-state index contributed by atoms with van der Waals surface area (Å²) >= 11 is 0. The molecule has 2 N–H and O–H groups in total. The van der Waals surface area contributed by atoms with Crippen LogP contribution >= 0.6 is 0 Å². The van der Waals surface area contributed by atoms with Crippen molar-refractivity contribution >= 4 is 0 Å². The molecule has 92 valence electrons. The van der Waals surface area contributed by atoms with Crippen LogP contribution in [0.2, 0.25) is 0 Å². The van der Waals surface area contributed by atoms with Crippen LogP contribution in [0.25, 0.3) is 0 Å². The van der Waals surface area contributed by atoms with E-state index in [9.17, 15) is 0 Å². The molecule has 0 bridgehead atoms. The monoisotopic (exact) mass is 230 g/mol. The van der Waals surface area contributed by atoms with Gasteiger partial charge in [-0.1, -0.05) is 31.2 Å². The van der Waals surface area contributed by atoms with Crippen LogP contribution in [0.5, 0.6) is 0 Å². The lowest BCUT2D eigenvalue weighted by molar-refractivity contribution is 0.171. The van der Waals surface area contributed by atoms with Gasteiger partial charge in [0.2, 0.25) is 0 Å². The minimum atomic E-state index is 0.207. The first-order chi connectivity index (χ1) is 8.16. The van der Waals surface area contributed by atoms with Crippen molar-refractivity contribution in [2.45, 2.75) is 44.8 Å². The zero-order valence-corrected chi connectivity index (χ0v) is 10.8. The third-order valence-corrected chi connectivity index (χ3v) is 4.52. The summed E-state index contributed by atoms with van der Waals surface area (Å²) < 4.78 is 0. The van der Waals surface area contributed by atoms with Gasteiger partial charge in [-0.15, -0.1) is 0 Å². The Hall–Kier alpha value is -0.860. The summed E-state index contributed by atoms with van der Waals surface area (Å²) in [5, 5.41) is 0. The van der Waals surface area contributed by atoms with E-state index in [0.717, 1.165) is 12.3 Å². The number of hydrogen-bond donors (Lipinski definition) is 1. The highest BCUT2D eigenvalue weighted by Gasteiger charge is 2.39. The summed E-state index contributed by atoms with van der Waals surface area (Å²) in [4.78, 5) is 2.63. The molecule has 1 heterocycles. The van der Waals surface area contributed by atoms with Crippen molar-refractivity contribution in [3.63, 3.8) is 0 Å². The largest absolute Gasteiger partial charge is 0.323 e. The van der Waals surface area contributed by atoms with Crippen molar-refractivity contribution in [3.05, 3.63) is 35.4 Å². The molecule has 1 fully saturated rings. The average molecular weight is 230 g/mol. The number of rotatable bonds is 1. The van der Waals surface area contributed by atoms with Crippen LogP contribution in [-0.4, -0.2) is 23.5 Å². The van der Waals surface area contributed by atoms with Gasteiger partial charge >= 0.3 is 0 Å². The van der Waals surface area contributed by atoms with Crippen LogP contribution in [0.4, 0.5) is 0 Å². The van der Waals surface area contributed by atoms with Gasteiger partial charge in [0.05, 0.1) is 0 Å². The van der Waals surface area contributed by atoms with Crippen LogP contribution in [-0.2, 0) is 6.42 Å². The van der Waals surface area contributed by atoms with Gasteiger partial charge in [-0.2, -0.15) is 0 Å². The Morgan fingerprint density at radius 2 is 2.00 bits per heavy atom. The first kappa shape index (κ1) is 11.2. The number of likely N-dealkylation sites (tertiary alicyclic amines) is 1. The van der Waals surface area contributed by atoms with E-state index >= 15 is 0 Å². The van der Waals surface area contributed by atoms with Gasteiger partial charge in [0.1, 0.15) is 0 Å². The summed E-state index contributed by atoms with van der Waals surface area (Å²) in [7, 11) is 0. The van der Waals surface area contributed by atoms with Crippen LogP contribution in [0.3, 0.4) is 0 Å². The van der Waals surface area contributed by atoms with Crippen molar-refractivity contribution < 1.29 is 0 Å². The minimum Gasteiger partial charge on any atom is -0.323 e. The number of nitrogens with zero attached hydrogens (tertiary/aromatic N) is 1. The van der Waals surface area contributed by atoms with Gasteiger partial charge < -0.3 is 5.73 Å². The number of fused-ring (bicyclic) bond motifs is 1. The molecular formula is C15H22N2. The molecule has 0 aromatic heterocycles. The number of nitrogens with two attached hydrogens (primary N) is 1. The van der Waals surface area contributed by atoms with E-state index in [-0.39, 0.29) is 6.04 Å². The fourth-order valence-corrected chi connectivity index (χ4v) is 3.72. The van der Waals surface area contributed by atoms with Crippen molar-refractivity contribution in [1.82, 2.24) is 4.90 Å². The van der Waals surface area contributed by atoms with E-state index < -0.39 is 0 Å². The predicted molar refractivity (Wildman–Crippen MR) is 70.8 cm³/mol. The maximum Gasteiger partial charge on any atom is 0.0459 e. The molecular weight excluding hydrogens is 208 g/mol. The molecule has 1 aliphatic heterocycles. The number of hydrogen-bond acceptors (Lipinski definition) is 2. The summed E-state index contributed by atoms with van der Waals surface area (Å²) in [6.45, 7) is 5.91.